The van der Waals surface area contributed by atoms with Crippen LogP contribution in [0.25, 0.3) is 10.9 Å². The van der Waals surface area contributed by atoms with Crippen LogP contribution in [0.5, 0.6) is 0 Å². The molecule has 1 aromatic heterocycles. The van der Waals surface area contributed by atoms with Crippen LogP contribution in [0.3, 0.4) is 0 Å². The molecule has 1 atom stereocenters. The van der Waals surface area contributed by atoms with E-state index in [1.54, 1.807) is 12.1 Å². The summed E-state index contributed by atoms with van der Waals surface area (Å²) >= 11 is 0. The van der Waals surface area contributed by atoms with Crippen LogP contribution in [0.2, 0.25) is 0 Å². The van der Waals surface area contributed by atoms with E-state index in [2.05, 4.69) is 4.98 Å². The molecule has 2 aromatic carbocycles. The Morgan fingerprint density at radius 2 is 1.92 bits per heavy atom. The van der Waals surface area contributed by atoms with Gasteiger partial charge in [-0.15, -0.1) is 0 Å². The van der Waals surface area contributed by atoms with Crippen LogP contribution in [-0.2, 0) is 4.79 Å². The van der Waals surface area contributed by atoms with Gasteiger partial charge in [-0.05, 0) is 30.0 Å². The first-order valence-corrected chi connectivity index (χ1v) is 8.69. The molecule has 0 saturated heterocycles. The minimum absolute atomic E-state index is 0.0501. The molecule has 4 rings (SSSR count). The van der Waals surface area contributed by atoms with Gasteiger partial charge >= 0.3 is 0 Å². The van der Waals surface area contributed by atoms with Crippen molar-refractivity contribution in [1.82, 2.24) is 4.98 Å². The molecular formula is C21H18N2O3. The molecule has 0 spiro atoms. The van der Waals surface area contributed by atoms with Crippen molar-refractivity contribution < 1.29 is 9.72 Å². The highest BCUT2D eigenvalue weighted by atomic mass is 16.6. The Morgan fingerprint density at radius 3 is 2.65 bits per heavy atom. The van der Waals surface area contributed by atoms with Gasteiger partial charge in [-0.25, -0.2) is 0 Å². The summed E-state index contributed by atoms with van der Waals surface area (Å²) in [5.74, 6) is -0.0652. The number of aromatic nitrogens is 1. The number of fused-ring (bicyclic) bond motifs is 1. The molecule has 1 heterocycles. The van der Waals surface area contributed by atoms with Crippen molar-refractivity contribution in [2.75, 3.05) is 0 Å². The van der Waals surface area contributed by atoms with E-state index in [4.69, 9.17) is 0 Å². The standard InChI is InChI=1S/C21H18N2O3/c24-20-9-5-4-8-16(20)21(14-6-2-1-3-7-14)18-13-22-19-11-10-15(23(25)26)12-17(18)19/h1-3,6-8,10-13,21-22H,4-5,9H2. The summed E-state index contributed by atoms with van der Waals surface area (Å²) < 4.78 is 0. The maximum Gasteiger partial charge on any atom is 0.270 e. The van der Waals surface area contributed by atoms with Gasteiger partial charge in [-0.3, -0.25) is 14.9 Å². The van der Waals surface area contributed by atoms with Gasteiger partial charge in [-0.2, -0.15) is 0 Å². The highest BCUT2D eigenvalue weighted by Crippen LogP contribution is 2.39. The smallest absolute Gasteiger partial charge is 0.270 e. The summed E-state index contributed by atoms with van der Waals surface area (Å²) in [6.07, 6.45) is 6.21. The van der Waals surface area contributed by atoms with Crippen molar-refractivity contribution in [3.8, 4) is 0 Å². The van der Waals surface area contributed by atoms with Crippen LogP contribution < -0.4 is 0 Å². The van der Waals surface area contributed by atoms with Crippen molar-refractivity contribution in [2.45, 2.75) is 25.2 Å². The molecular weight excluding hydrogens is 328 g/mol. The number of ketones is 1. The fourth-order valence-corrected chi connectivity index (χ4v) is 3.71. The number of carbonyl (C=O) groups excluding carboxylic acids is 1. The fraction of sp³-hybridized carbons (Fsp3) is 0.190. The number of nitrogens with one attached hydrogen (secondary N) is 1. The van der Waals surface area contributed by atoms with Gasteiger partial charge in [0.15, 0.2) is 5.78 Å². The molecule has 0 aliphatic heterocycles. The van der Waals surface area contributed by atoms with Crippen molar-refractivity contribution in [3.05, 3.63) is 87.6 Å². The molecule has 5 nitrogen and oxygen atoms in total. The third-order valence-electron chi connectivity index (χ3n) is 4.96. The summed E-state index contributed by atoms with van der Waals surface area (Å²) in [5.41, 5.74) is 3.58. The first-order chi connectivity index (χ1) is 12.6. The topological polar surface area (TPSA) is 76.0 Å². The lowest BCUT2D eigenvalue weighted by Gasteiger charge is -2.22. The van der Waals surface area contributed by atoms with Gasteiger partial charge in [0, 0.05) is 47.1 Å². The number of nitro benzene ring substituents is 1. The van der Waals surface area contributed by atoms with Crippen molar-refractivity contribution in [1.29, 1.82) is 0 Å². The van der Waals surface area contributed by atoms with Gasteiger partial charge < -0.3 is 4.98 Å². The van der Waals surface area contributed by atoms with Gasteiger partial charge in [0.05, 0.1) is 4.92 Å². The Balaban J connectivity index is 1.93. The molecule has 0 fully saturated rings. The third kappa shape index (κ3) is 2.81. The average Bonchev–Trinajstić information content (AvgIpc) is 3.07. The Morgan fingerprint density at radius 1 is 1.12 bits per heavy atom. The van der Waals surface area contributed by atoms with Crippen LogP contribution in [-0.4, -0.2) is 15.7 Å². The van der Waals surface area contributed by atoms with E-state index >= 15 is 0 Å². The van der Waals surface area contributed by atoms with Crippen LogP contribution in [0, 0.1) is 10.1 Å². The summed E-state index contributed by atoms with van der Waals surface area (Å²) in [6.45, 7) is 0. The van der Waals surface area contributed by atoms with E-state index in [-0.39, 0.29) is 17.4 Å². The van der Waals surface area contributed by atoms with Crippen LogP contribution in [0.4, 0.5) is 5.69 Å². The normalized spacial score (nSPS) is 15.7. The summed E-state index contributed by atoms with van der Waals surface area (Å²) in [4.78, 5) is 26.6. The maximum atomic E-state index is 12.6. The fourth-order valence-electron chi connectivity index (χ4n) is 3.71. The zero-order chi connectivity index (χ0) is 18.1. The minimum Gasteiger partial charge on any atom is -0.361 e. The van der Waals surface area contributed by atoms with Gasteiger partial charge in [-0.1, -0.05) is 36.4 Å². The second-order valence-electron chi connectivity index (χ2n) is 6.55. The first kappa shape index (κ1) is 16.3. The Labute approximate surface area is 150 Å². The number of nitrogens with zero attached hydrogens (tertiary/aromatic N) is 1. The molecule has 1 aliphatic carbocycles. The van der Waals surface area contributed by atoms with Crippen LogP contribution in [0.1, 0.15) is 36.3 Å². The number of rotatable bonds is 4. The lowest BCUT2D eigenvalue weighted by molar-refractivity contribution is -0.384. The number of allylic oxidation sites excluding steroid dienone is 2. The molecule has 3 aromatic rings. The number of hydrogen-bond acceptors (Lipinski definition) is 3. The number of non-ortho nitro benzene ring substituents is 1. The highest BCUT2D eigenvalue weighted by molar-refractivity contribution is 5.99. The second kappa shape index (κ2) is 6.59. The summed E-state index contributed by atoms with van der Waals surface area (Å²) in [7, 11) is 0. The quantitative estimate of drug-likeness (QED) is 0.540. The molecule has 1 unspecified atom stereocenters. The number of Topliss-reactive ketones (excluding diaryl/α,β-unsaturated/α-hetero) is 1. The molecule has 1 aliphatic rings. The SMILES string of the molecule is O=C1CCCC=C1C(c1ccccc1)c1c[nH]c2ccc([N+](=O)[O-])cc12. The lowest BCUT2D eigenvalue weighted by Crippen LogP contribution is -2.16. The molecule has 0 amide bonds. The minimum atomic E-state index is -0.390. The zero-order valence-corrected chi connectivity index (χ0v) is 14.1. The second-order valence-corrected chi connectivity index (χ2v) is 6.55. The molecule has 0 radical (unpaired) electrons. The van der Waals surface area contributed by atoms with Gasteiger partial charge in [0.1, 0.15) is 0 Å². The van der Waals surface area contributed by atoms with E-state index in [0.29, 0.717) is 6.42 Å². The van der Waals surface area contributed by atoms with E-state index < -0.39 is 4.92 Å². The van der Waals surface area contributed by atoms with E-state index in [9.17, 15) is 14.9 Å². The number of carbonyl (C=O) groups is 1. The van der Waals surface area contributed by atoms with E-state index in [1.165, 1.54) is 6.07 Å². The number of H-pyrrole nitrogens is 1. The number of nitro groups is 1. The van der Waals surface area contributed by atoms with Crippen LogP contribution in [0.15, 0.2) is 66.4 Å². The largest absolute Gasteiger partial charge is 0.361 e. The Kier molecular flexibility index (Phi) is 4.13. The molecule has 0 bridgehead atoms. The molecule has 1 N–H and O–H groups in total. The van der Waals surface area contributed by atoms with Crippen LogP contribution >= 0.6 is 0 Å². The Bertz CT molecular complexity index is 1020. The first-order valence-electron chi connectivity index (χ1n) is 8.69. The molecule has 130 valence electrons. The molecule has 26 heavy (non-hydrogen) atoms. The summed E-state index contributed by atoms with van der Waals surface area (Å²) in [5, 5.41) is 12.0. The lowest BCUT2D eigenvalue weighted by atomic mass is 9.79. The van der Waals surface area contributed by atoms with Crippen molar-refractivity contribution in [3.63, 3.8) is 0 Å². The predicted molar refractivity (Wildman–Crippen MR) is 100 cm³/mol. The summed E-state index contributed by atoms with van der Waals surface area (Å²) in [6, 6.07) is 14.7. The van der Waals surface area contributed by atoms with Crippen molar-refractivity contribution in [2.24, 2.45) is 0 Å². The Hall–Kier alpha value is -3.21. The maximum absolute atomic E-state index is 12.6. The van der Waals surface area contributed by atoms with Gasteiger partial charge in [0.2, 0.25) is 0 Å². The number of hydrogen-bond donors (Lipinski definition) is 1. The van der Waals surface area contributed by atoms with Gasteiger partial charge in [0.25, 0.3) is 5.69 Å². The van der Waals surface area contributed by atoms with E-state index in [1.807, 2.05) is 42.6 Å². The molecule has 0 saturated carbocycles. The number of aromatic amines is 1. The third-order valence-corrected chi connectivity index (χ3v) is 4.96. The van der Waals surface area contributed by atoms with E-state index in [0.717, 1.165) is 40.4 Å². The average molecular weight is 346 g/mol. The molecule has 5 heteroatoms. The zero-order valence-electron chi connectivity index (χ0n) is 14.1. The van der Waals surface area contributed by atoms with Crippen molar-refractivity contribution >= 4 is 22.4 Å². The number of benzene rings is 2. The highest BCUT2D eigenvalue weighted by Gasteiger charge is 2.28. The monoisotopic (exact) mass is 346 g/mol. The predicted octanol–water partition coefficient (Wildman–Crippen LogP) is 4.89.